The van der Waals surface area contributed by atoms with Crippen LogP contribution in [0.25, 0.3) is 5.69 Å². The van der Waals surface area contributed by atoms with E-state index in [4.69, 9.17) is 0 Å². The van der Waals surface area contributed by atoms with Gasteiger partial charge in [0.05, 0.1) is 11.5 Å². The highest BCUT2D eigenvalue weighted by atomic mass is 32.2. The van der Waals surface area contributed by atoms with E-state index in [9.17, 15) is 19.3 Å². The van der Waals surface area contributed by atoms with E-state index in [0.29, 0.717) is 22.4 Å². The van der Waals surface area contributed by atoms with Crippen molar-refractivity contribution in [3.63, 3.8) is 0 Å². The maximum absolute atomic E-state index is 13.1. The van der Waals surface area contributed by atoms with Crippen molar-refractivity contribution in [2.75, 3.05) is 0 Å². The van der Waals surface area contributed by atoms with Crippen molar-refractivity contribution in [1.29, 1.82) is 0 Å². The highest BCUT2D eigenvalue weighted by Gasteiger charge is 2.16. The highest BCUT2D eigenvalue weighted by molar-refractivity contribution is 7.98. The Bertz CT molecular complexity index is 989. The molecule has 3 aromatic rings. The zero-order valence-corrected chi connectivity index (χ0v) is 15.6. The van der Waals surface area contributed by atoms with Gasteiger partial charge in [-0.05, 0) is 29.8 Å². The van der Waals surface area contributed by atoms with Crippen LogP contribution in [0.3, 0.4) is 0 Å². The summed E-state index contributed by atoms with van der Waals surface area (Å²) < 4.78 is 14.8. The molecule has 1 N–H and O–H groups in total. The van der Waals surface area contributed by atoms with E-state index in [-0.39, 0.29) is 24.0 Å². The molecule has 0 radical (unpaired) electrons. The summed E-state index contributed by atoms with van der Waals surface area (Å²) in [7, 11) is 0. The predicted octanol–water partition coefficient (Wildman–Crippen LogP) is 3.24. The monoisotopic (exact) mass is 401 g/mol. The van der Waals surface area contributed by atoms with Gasteiger partial charge in [-0.25, -0.2) is 4.39 Å². The molecule has 0 aliphatic rings. The second-order valence-corrected chi connectivity index (χ2v) is 6.78. The average molecular weight is 401 g/mol. The van der Waals surface area contributed by atoms with Crippen LogP contribution >= 0.6 is 11.8 Å². The van der Waals surface area contributed by atoms with Crippen molar-refractivity contribution in [1.82, 2.24) is 20.1 Å². The van der Waals surface area contributed by atoms with Gasteiger partial charge in [-0.2, -0.15) is 0 Å². The van der Waals surface area contributed by atoms with Crippen molar-refractivity contribution in [3.8, 4) is 5.69 Å². The Kier molecular flexibility index (Phi) is 5.99. The highest BCUT2D eigenvalue weighted by Crippen LogP contribution is 2.26. The van der Waals surface area contributed by atoms with Gasteiger partial charge < -0.3 is 5.32 Å². The molecular formula is C18H16FN5O3S. The van der Waals surface area contributed by atoms with Crippen molar-refractivity contribution in [2.24, 2.45) is 0 Å². The van der Waals surface area contributed by atoms with Crippen LogP contribution in [-0.4, -0.2) is 25.6 Å². The molecule has 2 aromatic carbocycles. The number of nitrogens with one attached hydrogen (secondary N) is 1. The number of non-ortho nitro benzene ring substituents is 1. The lowest BCUT2D eigenvalue weighted by Crippen LogP contribution is -2.21. The summed E-state index contributed by atoms with van der Waals surface area (Å²) in [5, 5.41) is 22.4. The van der Waals surface area contributed by atoms with Gasteiger partial charge in [0.15, 0.2) is 11.0 Å². The first-order valence-corrected chi connectivity index (χ1v) is 9.23. The van der Waals surface area contributed by atoms with Gasteiger partial charge in [0, 0.05) is 30.5 Å². The number of benzene rings is 2. The third-order valence-corrected chi connectivity index (χ3v) is 4.80. The molecule has 0 bridgehead atoms. The minimum atomic E-state index is -0.474. The van der Waals surface area contributed by atoms with Crippen LogP contribution < -0.4 is 5.32 Å². The summed E-state index contributed by atoms with van der Waals surface area (Å²) in [6.45, 7) is 1.56. The third-order valence-electron chi connectivity index (χ3n) is 3.80. The fourth-order valence-corrected chi connectivity index (χ4v) is 3.35. The Morgan fingerprint density at radius 2 is 1.86 bits per heavy atom. The number of carbonyl (C=O) groups excluding carboxylic acids is 1. The van der Waals surface area contributed by atoms with Crippen molar-refractivity contribution < 1.29 is 14.1 Å². The number of thioether (sulfide) groups is 1. The lowest BCUT2D eigenvalue weighted by atomic mass is 10.2. The van der Waals surface area contributed by atoms with Crippen molar-refractivity contribution in [2.45, 2.75) is 24.4 Å². The number of nitrogens with zero attached hydrogens (tertiary/aromatic N) is 4. The second-order valence-electron chi connectivity index (χ2n) is 5.83. The van der Waals surface area contributed by atoms with Crippen LogP contribution in [0.4, 0.5) is 10.1 Å². The number of nitro groups is 1. The number of carbonyl (C=O) groups is 1. The largest absolute Gasteiger partial charge is 0.349 e. The number of nitro benzene ring substituents is 1. The molecular weight excluding hydrogens is 385 g/mol. The smallest absolute Gasteiger partial charge is 0.269 e. The number of rotatable bonds is 7. The summed E-state index contributed by atoms with van der Waals surface area (Å²) in [6.07, 6.45) is 0. The second kappa shape index (κ2) is 8.61. The molecule has 28 heavy (non-hydrogen) atoms. The zero-order valence-electron chi connectivity index (χ0n) is 14.8. The van der Waals surface area contributed by atoms with Gasteiger partial charge in [0.25, 0.3) is 5.69 Å². The maximum atomic E-state index is 13.1. The molecule has 0 fully saturated rings. The number of aromatic nitrogens is 3. The Morgan fingerprint density at radius 3 is 2.46 bits per heavy atom. The fourth-order valence-electron chi connectivity index (χ4n) is 2.42. The summed E-state index contributed by atoms with van der Waals surface area (Å²) in [5.41, 5.74) is 1.52. The molecule has 3 rings (SSSR count). The SMILES string of the molecule is CC(=O)NCc1nnc(SCc2ccc(F)cc2)n1-c1ccc([N+](=O)[O-])cc1. The topological polar surface area (TPSA) is 103 Å². The Balaban J connectivity index is 1.89. The van der Waals surface area contributed by atoms with Crippen LogP contribution in [0.2, 0.25) is 0 Å². The molecule has 0 saturated heterocycles. The first-order valence-electron chi connectivity index (χ1n) is 8.25. The van der Waals surface area contributed by atoms with E-state index in [1.165, 1.54) is 43.0 Å². The quantitative estimate of drug-likeness (QED) is 0.370. The lowest BCUT2D eigenvalue weighted by Gasteiger charge is -2.10. The van der Waals surface area contributed by atoms with E-state index in [2.05, 4.69) is 15.5 Å². The van der Waals surface area contributed by atoms with Crippen LogP contribution in [0.15, 0.2) is 53.7 Å². The fraction of sp³-hybridized carbons (Fsp3) is 0.167. The summed E-state index contributed by atoms with van der Waals surface area (Å²) >= 11 is 1.39. The van der Waals surface area contributed by atoms with E-state index >= 15 is 0 Å². The first-order chi connectivity index (χ1) is 13.4. The van der Waals surface area contributed by atoms with Gasteiger partial charge in [-0.1, -0.05) is 23.9 Å². The molecule has 1 amide bonds. The third kappa shape index (κ3) is 4.71. The number of hydrogen-bond donors (Lipinski definition) is 1. The van der Waals surface area contributed by atoms with Crippen molar-refractivity contribution >= 4 is 23.4 Å². The van der Waals surface area contributed by atoms with Gasteiger partial charge in [-0.3, -0.25) is 19.5 Å². The molecule has 0 aliphatic carbocycles. The number of hydrogen-bond acceptors (Lipinski definition) is 6. The van der Waals surface area contributed by atoms with Gasteiger partial charge in [0.2, 0.25) is 5.91 Å². The van der Waals surface area contributed by atoms with Gasteiger partial charge >= 0.3 is 0 Å². The summed E-state index contributed by atoms with van der Waals surface area (Å²) in [6, 6.07) is 12.1. The van der Waals surface area contributed by atoms with E-state index in [0.717, 1.165) is 5.56 Å². The number of halogens is 1. The first kappa shape index (κ1) is 19.5. The van der Waals surface area contributed by atoms with Crippen LogP contribution in [0.1, 0.15) is 18.3 Å². The molecule has 0 unspecified atom stereocenters. The summed E-state index contributed by atoms with van der Waals surface area (Å²) in [5.74, 6) is 0.510. The molecule has 144 valence electrons. The zero-order chi connectivity index (χ0) is 20.1. The Hall–Kier alpha value is -3.27. The molecule has 1 aromatic heterocycles. The van der Waals surface area contributed by atoms with E-state index in [1.807, 2.05) is 0 Å². The molecule has 0 saturated carbocycles. The normalized spacial score (nSPS) is 10.6. The predicted molar refractivity (Wildman–Crippen MR) is 101 cm³/mol. The summed E-state index contributed by atoms with van der Waals surface area (Å²) in [4.78, 5) is 21.7. The lowest BCUT2D eigenvalue weighted by molar-refractivity contribution is -0.384. The van der Waals surface area contributed by atoms with Crippen LogP contribution in [0, 0.1) is 15.9 Å². The molecule has 0 spiro atoms. The van der Waals surface area contributed by atoms with Crippen molar-refractivity contribution in [3.05, 3.63) is 75.9 Å². The van der Waals surface area contributed by atoms with E-state index in [1.54, 1.807) is 28.8 Å². The van der Waals surface area contributed by atoms with Crippen LogP contribution in [-0.2, 0) is 17.1 Å². The maximum Gasteiger partial charge on any atom is 0.269 e. The van der Waals surface area contributed by atoms with Crippen LogP contribution in [0.5, 0.6) is 0 Å². The molecule has 1 heterocycles. The van der Waals surface area contributed by atoms with Gasteiger partial charge in [-0.15, -0.1) is 10.2 Å². The van der Waals surface area contributed by atoms with Gasteiger partial charge in [0.1, 0.15) is 5.82 Å². The Labute approximate surface area is 163 Å². The minimum absolute atomic E-state index is 0.0271. The van der Waals surface area contributed by atoms with E-state index < -0.39 is 4.92 Å². The molecule has 0 atom stereocenters. The number of amides is 1. The molecule has 8 nitrogen and oxygen atoms in total. The molecule has 0 aliphatic heterocycles. The minimum Gasteiger partial charge on any atom is -0.349 e. The standard InChI is InChI=1S/C18H16FN5O3S/c1-12(25)20-10-17-21-22-18(28-11-13-2-4-14(19)5-3-13)23(17)15-6-8-16(9-7-15)24(26)27/h2-9H,10-11H2,1H3,(H,20,25). The Morgan fingerprint density at radius 1 is 1.18 bits per heavy atom. The average Bonchev–Trinajstić information content (AvgIpc) is 3.09. The molecule has 10 heteroatoms.